The molecule has 2 rings (SSSR count). The van der Waals surface area contributed by atoms with Crippen LogP contribution in [0, 0.1) is 11.8 Å². The summed E-state index contributed by atoms with van der Waals surface area (Å²) in [5, 5.41) is 0. The van der Waals surface area contributed by atoms with Crippen LogP contribution in [0.15, 0.2) is 0 Å². The average Bonchev–Trinajstić information content (AvgIpc) is 2.62. The zero-order chi connectivity index (χ0) is 13.0. The molecule has 0 bridgehead atoms. The van der Waals surface area contributed by atoms with E-state index in [-0.39, 0.29) is 0 Å². The topological polar surface area (TPSA) is 29.3 Å². The van der Waals surface area contributed by atoms with E-state index in [9.17, 15) is 0 Å². The van der Waals surface area contributed by atoms with Crippen LogP contribution in [0.5, 0.6) is 0 Å². The lowest BCUT2D eigenvalue weighted by Gasteiger charge is -2.41. The third-order valence-corrected chi connectivity index (χ3v) is 5.43. The van der Waals surface area contributed by atoms with Crippen LogP contribution in [-0.2, 0) is 0 Å². The van der Waals surface area contributed by atoms with Gasteiger partial charge < -0.3 is 10.6 Å². The van der Waals surface area contributed by atoms with Crippen molar-refractivity contribution in [3.63, 3.8) is 0 Å². The third kappa shape index (κ3) is 3.48. The van der Waals surface area contributed by atoms with Crippen molar-refractivity contribution < 1.29 is 0 Å². The van der Waals surface area contributed by atoms with E-state index in [0.717, 1.165) is 30.5 Å². The van der Waals surface area contributed by atoms with Crippen LogP contribution < -0.4 is 5.73 Å². The van der Waals surface area contributed by atoms with Crippen molar-refractivity contribution in [3.05, 3.63) is 0 Å². The van der Waals surface area contributed by atoms with Crippen LogP contribution in [0.4, 0.5) is 0 Å². The normalized spacial score (nSPS) is 38.7. The predicted octanol–water partition coefficient (Wildman–Crippen LogP) is 3.40. The maximum absolute atomic E-state index is 6.03. The quantitative estimate of drug-likeness (QED) is 0.780. The Morgan fingerprint density at radius 1 is 1.00 bits per heavy atom. The molecule has 0 aromatic rings. The molecule has 0 amide bonds. The van der Waals surface area contributed by atoms with Gasteiger partial charge in [0, 0.05) is 12.1 Å². The summed E-state index contributed by atoms with van der Waals surface area (Å²) in [5.74, 6) is 1.67. The standard InChI is InChI=1S/C16H32N2/c1-13-7-6-9-15(11-13)18(2)16-10-5-3-4-8-14(16)12-17/h13-16H,3-12,17H2,1-2H3. The Labute approximate surface area is 113 Å². The molecule has 0 aliphatic heterocycles. The third-order valence-electron chi connectivity index (χ3n) is 5.43. The highest BCUT2D eigenvalue weighted by molar-refractivity contribution is 4.87. The SMILES string of the molecule is CC1CCCC(N(C)C2CCCCCC2CN)C1. The Morgan fingerprint density at radius 2 is 1.78 bits per heavy atom. The van der Waals surface area contributed by atoms with E-state index in [1.807, 2.05) is 0 Å². The first kappa shape index (κ1) is 14.3. The summed E-state index contributed by atoms with van der Waals surface area (Å²) in [6, 6.07) is 1.58. The van der Waals surface area contributed by atoms with Crippen molar-refractivity contribution in [2.45, 2.75) is 76.8 Å². The summed E-state index contributed by atoms with van der Waals surface area (Å²) < 4.78 is 0. The Morgan fingerprint density at radius 3 is 2.50 bits per heavy atom. The van der Waals surface area contributed by atoms with Crippen molar-refractivity contribution in [3.8, 4) is 0 Å². The zero-order valence-electron chi connectivity index (χ0n) is 12.4. The highest BCUT2D eigenvalue weighted by Crippen LogP contribution is 2.32. The van der Waals surface area contributed by atoms with Gasteiger partial charge >= 0.3 is 0 Å². The van der Waals surface area contributed by atoms with Gasteiger partial charge in [-0.05, 0) is 51.1 Å². The molecule has 0 heterocycles. The molecule has 0 saturated heterocycles. The second-order valence-electron chi connectivity index (χ2n) is 6.79. The molecule has 4 unspecified atom stereocenters. The van der Waals surface area contributed by atoms with Gasteiger partial charge in [0.25, 0.3) is 0 Å². The van der Waals surface area contributed by atoms with E-state index in [1.54, 1.807) is 0 Å². The van der Waals surface area contributed by atoms with Crippen LogP contribution in [0.2, 0.25) is 0 Å². The Hall–Kier alpha value is -0.0800. The van der Waals surface area contributed by atoms with Gasteiger partial charge in [-0.2, -0.15) is 0 Å². The number of nitrogens with two attached hydrogens (primary N) is 1. The molecule has 0 radical (unpaired) electrons. The second-order valence-corrected chi connectivity index (χ2v) is 6.79. The molecule has 0 aromatic carbocycles. The molecule has 106 valence electrons. The summed E-state index contributed by atoms with van der Waals surface area (Å²) in [5.41, 5.74) is 6.03. The van der Waals surface area contributed by atoms with E-state index in [2.05, 4.69) is 18.9 Å². The molecule has 2 N–H and O–H groups in total. The fourth-order valence-corrected chi connectivity index (χ4v) is 4.22. The maximum Gasteiger partial charge on any atom is 0.0135 e. The minimum Gasteiger partial charge on any atom is -0.330 e. The van der Waals surface area contributed by atoms with E-state index in [1.165, 1.54) is 57.8 Å². The van der Waals surface area contributed by atoms with Gasteiger partial charge in [-0.15, -0.1) is 0 Å². The van der Waals surface area contributed by atoms with Crippen LogP contribution in [0.25, 0.3) is 0 Å². The second kappa shape index (κ2) is 6.91. The minimum absolute atomic E-state index is 0.745. The maximum atomic E-state index is 6.03. The Balaban J connectivity index is 1.97. The lowest BCUT2D eigenvalue weighted by atomic mass is 9.84. The molecule has 2 aliphatic rings. The molecule has 2 fully saturated rings. The van der Waals surface area contributed by atoms with Crippen LogP contribution in [-0.4, -0.2) is 30.6 Å². The molecular weight excluding hydrogens is 220 g/mol. The predicted molar refractivity (Wildman–Crippen MR) is 78.6 cm³/mol. The first-order valence-corrected chi connectivity index (χ1v) is 8.14. The van der Waals surface area contributed by atoms with Crippen molar-refractivity contribution in [2.24, 2.45) is 17.6 Å². The Bertz CT molecular complexity index is 241. The van der Waals surface area contributed by atoms with Gasteiger partial charge in [0.2, 0.25) is 0 Å². The van der Waals surface area contributed by atoms with Crippen LogP contribution >= 0.6 is 0 Å². The number of hydrogen-bond donors (Lipinski definition) is 1. The lowest BCUT2D eigenvalue weighted by molar-refractivity contribution is 0.0816. The summed E-state index contributed by atoms with van der Waals surface area (Å²) in [6.07, 6.45) is 12.6. The monoisotopic (exact) mass is 252 g/mol. The lowest BCUT2D eigenvalue weighted by Crippen LogP contribution is -2.47. The number of rotatable bonds is 3. The van der Waals surface area contributed by atoms with Gasteiger partial charge in [-0.3, -0.25) is 0 Å². The average molecular weight is 252 g/mol. The molecule has 2 saturated carbocycles. The minimum atomic E-state index is 0.745. The van der Waals surface area contributed by atoms with Gasteiger partial charge in [-0.1, -0.05) is 39.0 Å². The van der Waals surface area contributed by atoms with Crippen molar-refractivity contribution >= 4 is 0 Å². The van der Waals surface area contributed by atoms with E-state index in [0.29, 0.717) is 0 Å². The first-order chi connectivity index (χ1) is 8.72. The van der Waals surface area contributed by atoms with E-state index < -0.39 is 0 Å². The highest BCUT2D eigenvalue weighted by atomic mass is 15.2. The number of nitrogens with zero attached hydrogens (tertiary/aromatic N) is 1. The summed E-state index contributed by atoms with van der Waals surface area (Å²) in [4.78, 5) is 2.72. The smallest absolute Gasteiger partial charge is 0.0135 e. The highest BCUT2D eigenvalue weighted by Gasteiger charge is 2.31. The zero-order valence-corrected chi connectivity index (χ0v) is 12.4. The molecule has 0 spiro atoms. The van der Waals surface area contributed by atoms with Crippen molar-refractivity contribution in [2.75, 3.05) is 13.6 Å². The molecule has 2 nitrogen and oxygen atoms in total. The molecule has 4 atom stereocenters. The molecule has 18 heavy (non-hydrogen) atoms. The van der Waals surface area contributed by atoms with E-state index in [4.69, 9.17) is 5.73 Å². The number of hydrogen-bond acceptors (Lipinski definition) is 2. The van der Waals surface area contributed by atoms with Crippen LogP contribution in [0.1, 0.15) is 64.7 Å². The van der Waals surface area contributed by atoms with Gasteiger partial charge in [0.05, 0.1) is 0 Å². The summed E-state index contributed by atoms with van der Waals surface area (Å²) in [7, 11) is 2.38. The molecule has 2 heteroatoms. The Kier molecular flexibility index (Phi) is 5.50. The summed E-state index contributed by atoms with van der Waals surface area (Å²) in [6.45, 7) is 3.31. The van der Waals surface area contributed by atoms with Gasteiger partial charge in [-0.25, -0.2) is 0 Å². The van der Waals surface area contributed by atoms with Crippen LogP contribution in [0.3, 0.4) is 0 Å². The molecule has 0 aromatic heterocycles. The van der Waals surface area contributed by atoms with Gasteiger partial charge in [0.15, 0.2) is 0 Å². The molecular formula is C16H32N2. The first-order valence-electron chi connectivity index (χ1n) is 8.14. The van der Waals surface area contributed by atoms with Crippen molar-refractivity contribution in [1.82, 2.24) is 4.90 Å². The largest absolute Gasteiger partial charge is 0.330 e. The summed E-state index contributed by atoms with van der Waals surface area (Å²) >= 11 is 0. The molecule has 2 aliphatic carbocycles. The fourth-order valence-electron chi connectivity index (χ4n) is 4.22. The van der Waals surface area contributed by atoms with E-state index >= 15 is 0 Å². The van der Waals surface area contributed by atoms with Gasteiger partial charge in [0.1, 0.15) is 0 Å². The van der Waals surface area contributed by atoms with Crippen molar-refractivity contribution in [1.29, 1.82) is 0 Å². The fraction of sp³-hybridized carbons (Fsp3) is 1.00.